The van der Waals surface area contributed by atoms with E-state index in [0.29, 0.717) is 39.3 Å². The van der Waals surface area contributed by atoms with Gasteiger partial charge < -0.3 is 19.7 Å². The van der Waals surface area contributed by atoms with Crippen LogP contribution in [0.25, 0.3) is 0 Å². The molecule has 2 amide bonds. The second-order valence-electron chi connectivity index (χ2n) is 5.39. The average Bonchev–Trinajstić information content (AvgIpc) is 2.53. The summed E-state index contributed by atoms with van der Waals surface area (Å²) >= 11 is 0. The number of nitrogens with zero attached hydrogens (tertiary/aromatic N) is 1. The first kappa shape index (κ1) is 14.3. The van der Waals surface area contributed by atoms with Crippen LogP contribution < -0.4 is 5.32 Å². The molecule has 108 valence electrons. The maximum absolute atomic E-state index is 12.4. The van der Waals surface area contributed by atoms with E-state index >= 15 is 0 Å². The van der Waals surface area contributed by atoms with E-state index in [4.69, 9.17) is 9.47 Å². The molecule has 0 spiro atoms. The standard InChI is InChI=1S/C13H22N2O4/c1-9(2)12-13(17)15(4-3-11(16)14-12)7-10-8-18-5-6-19-10/h9-10,12H,3-8H2,1-2H3,(H,14,16). The van der Waals surface area contributed by atoms with Crippen molar-refractivity contribution in [1.29, 1.82) is 0 Å². The van der Waals surface area contributed by atoms with Crippen LogP contribution in [0, 0.1) is 5.92 Å². The molecule has 0 saturated carbocycles. The monoisotopic (exact) mass is 270 g/mol. The molecule has 0 aromatic carbocycles. The van der Waals surface area contributed by atoms with Gasteiger partial charge >= 0.3 is 0 Å². The second-order valence-corrected chi connectivity index (χ2v) is 5.39. The average molecular weight is 270 g/mol. The molecule has 2 heterocycles. The second kappa shape index (κ2) is 6.34. The maximum atomic E-state index is 12.4. The lowest BCUT2D eigenvalue weighted by molar-refractivity contribution is -0.140. The van der Waals surface area contributed by atoms with Gasteiger partial charge in [0.1, 0.15) is 6.04 Å². The first-order chi connectivity index (χ1) is 9.08. The Balaban J connectivity index is 2.01. The van der Waals surface area contributed by atoms with Crippen LogP contribution in [0.5, 0.6) is 0 Å². The largest absolute Gasteiger partial charge is 0.376 e. The van der Waals surface area contributed by atoms with Gasteiger partial charge in [0.25, 0.3) is 0 Å². The van der Waals surface area contributed by atoms with E-state index in [0.717, 1.165) is 0 Å². The van der Waals surface area contributed by atoms with Crippen LogP contribution >= 0.6 is 0 Å². The van der Waals surface area contributed by atoms with Crippen LogP contribution in [0.4, 0.5) is 0 Å². The molecule has 0 aromatic rings. The lowest BCUT2D eigenvalue weighted by Gasteiger charge is -2.31. The number of amides is 2. The van der Waals surface area contributed by atoms with Crippen molar-refractivity contribution in [1.82, 2.24) is 10.2 Å². The molecule has 2 atom stereocenters. The minimum atomic E-state index is -0.431. The molecular formula is C13H22N2O4. The van der Waals surface area contributed by atoms with Gasteiger partial charge in [-0.3, -0.25) is 9.59 Å². The predicted octanol–water partition coefficient (Wildman–Crippen LogP) is -0.225. The molecule has 2 aliphatic heterocycles. The maximum Gasteiger partial charge on any atom is 0.245 e. The number of carbonyl (C=O) groups is 2. The Hall–Kier alpha value is -1.14. The van der Waals surface area contributed by atoms with Gasteiger partial charge in [-0.15, -0.1) is 0 Å². The van der Waals surface area contributed by atoms with Crippen molar-refractivity contribution in [3.8, 4) is 0 Å². The zero-order valence-corrected chi connectivity index (χ0v) is 11.6. The summed E-state index contributed by atoms with van der Waals surface area (Å²) in [5.74, 6) is 0.00552. The van der Waals surface area contributed by atoms with Gasteiger partial charge in [0.2, 0.25) is 11.8 Å². The van der Waals surface area contributed by atoms with Crippen molar-refractivity contribution in [2.75, 3.05) is 32.9 Å². The molecule has 0 radical (unpaired) electrons. The SMILES string of the molecule is CC(C)C1NC(=O)CCN(CC2COCCO2)C1=O. The van der Waals surface area contributed by atoms with Crippen LogP contribution in [0.15, 0.2) is 0 Å². The first-order valence-corrected chi connectivity index (χ1v) is 6.85. The molecular weight excluding hydrogens is 248 g/mol. The van der Waals surface area contributed by atoms with Crippen molar-refractivity contribution in [3.63, 3.8) is 0 Å². The minimum Gasteiger partial charge on any atom is -0.376 e. The molecule has 2 rings (SSSR count). The van der Waals surface area contributed by atoms with Crippen LogP contribution in [0.1, 0.15) is 20.3 Å². The highest BCUT2D eigenvalue weighted by Crippen LogP contribution is 2.13. The number of nitrogens with one attached hydrogen (secondary N) is 1. The van der Waals surface area contributed by atoms with E-state index in [2.05, 4.69) is 5.32 Å². The number of rotatable bonds is 3. The summed E-state index contributed by atoms with van der Waals surface area (Å²) in [6.07, 6.45) is 0.265. The fourth-order valence-corrected chi connectivity index (χ4v) is 2.37. The lowest BCUT2D eigenvalue weighted by atomic mass is 10.0. The molecule has 6 nitrogen and oxygen atoms in total. The van der Waals surface area contributed by atoms with Gasteiger partial charge in [-0.2, -0.15) is 0 Å². The minimum absolute atomic E-state index is 0.0185. The lowest BCUT2D eigenvalue weighted by Crippen LogP contribution is -2.50. The molecule has 0 aromatic heterocycles. The van der Waals surface area contributed by atoms with Gasteiger partial charge in [0, 0.05) is 19.5 Å². The Labute approximate surface area is 113 Å². The van der Waals surface area contributed by atoms with Crippen molar-refractivity contribution in [3.05, 3.63) is 0 Å². The summed E-state index contributed by atoms with van der Waals surface area (Å²) in [6, 6.07) is -0.431. The van der Waals surface area contributed by atoms with Crippen molar-refractivity contribution in [2.24, 2.45) is 5.92 Å². The Morgan fingerprint density at radius 3 is 2.79 bits per heavy atom. The highest BCUT2D eigenvalue weighted by molar-refractivity contribution is 5.90. The molecule has 0 aliphatic carbocycles. The Morgan fingerprint density at radius 2 is 2.16 bits per heavy atom. The number of carbonyl (C=O) groups excluding carboxylic acids is 2. The van der Waals surface area contributed by atoms with E-state index in [1.165, 1.54) is 0 Å². The smallest absolute Gasteiger partial charge is 0.245 e. The van der Waals surface area contributed by atoms with E-state index in [1.807, 2.05) is 13.8 Å². The fraction of sp³-hybridized carbons (Fsp3) is 0.846. The quantitative estimate of drug-likeness (QED) is 0.769. The zero-order chi connectivity index (χ0) is 13.8. The van der Waals surface area contributed by atoms with Crippen LogP contribution in [0.3, 0.4) is 0 Å². The highest BCUT2D eigenvalue weighted by Gasteiger charge is 2.33. The zero-order valence-electron chi connectivity index (χ0n) is 11.6. The Morgan fingerprint density at radius 1 is 1.37 bits per heavy atom. The van der Waals surface area contributed by atoms with Crippen molar-refractivity contribution in [2.45, 2.75) is 32.4 Å². The number of ether oxygens (including phenoxy) is 2. The summed E-state index contributed by atoms with van der Waals surface area (Å²) in [6.45, 7) is 6.51. The summed E-state index contributed by atoms with van der Waals surface area (Å²) in [4.78, 5) is 25.8. The third-order valence-electron chi connectivity index (χ3n) is 3.48. The molecule has 6 heteroatoms. The molecule has 2 fully saturated rings. The Bertz CT molecular complexity index is 340. The summed E-state index contributed by atoms with van der Waals surface area (Å²) in [5.41, 5.74) is 0. The highest BCUT2D eigenvalue weighted by atomic mass is 16.6. The molecule has 19 heavy (non-hydrogen) atoms. The topological polar surface area (TPSA) is 67.9 Å². The molecule has 1 N–H and O–H groups in total. The van der Waals surface area contributed by atoms with E-state index in [-0.39, 0.29) is 23.8 Å². The number of hydrogen-bond donors (Lipinski definition) is 1. The Kier molecular flexibility index (Phi) is 4.76. The van der Waals surface area contributed by atoms with Crippen LogP contribution in [0.2, 0.25) is 0 Å². The third kappa shape index (κ3) is 3.67. The number of hydrogen-bond acceptors (Lipinski definition) is 4. The third-order valence-corrected chi connectivity index (χ3v) is 3.48. The van der Waals surface area contributed by atoms with Gasteiger partial charge in [-0.25, -0.2) is 0 Å². The normalized spacial score (nSPS) is 29.3. The van der Waals surface area contributed by atoms with Crippen molar-refractivity contribution < 1.29 is 19.1 Å². The van der Waals surface area contributed by atoms with Gasteiger partial charge in [0.05, 0.1) is 25.9 Å². The van der Waals surface area contributed by atoms with Gasteiger partial charge in [-0.05, 0) is 5.92 Å². The van der Waals surface area contributed by atoms with E-state index in [9.17, 15) is 9.59 Å². The summed E-state index contributed by atoms with van der Waals surface area (Å²) in [5, 5.41) is 2.79. The van der Waals surface area contributed by atoms with Gasteiger partial charge in [-0.1, -0.05) is 13.8 Å². The molecule has 2 unspecified atom stereocenters. The fourth-order valence-electron chi connectivity index (χ4n) is 2.37. The first-order valence-electron chi connectivity index (χ1n) is 6.85. The molecule has 2 saturated heterocycles. The van der Waals surface area contributed by atoms with E-state index in [1.54, 1.807) is 4.90 Å². The van der Waals surface area contributed by atoms with Gasteiger partial charge in [0.15, 0.2) is 0 Å². The van der Waals surface area contributed by atoms with E-state index < -0.39 is 6.04 Å². The summed E-state index contributed by atoms with van der Waals surface area (Å²) < 4.78 is 10.9. The van der Waals surface area contributed by atoms with Crippen LogP contribution in [-0.2, 0) is 19.1 Å². The predicted molar refractivity (Wildman–Crippen MR) is 68.5 cm³/mol. The molecule has 0 bridgehead atoms. The van der Waals surface area contributed by atoms with Crippen LogP contribution in [-0.4, -0.2) is 61.8 Å². The van der Waals surface area contributed by atoms with Crippen molar-refractivity contribution >= 4 is 11.8 Å². The molecule has 2 aliphatic rings. The summed E-state index contributed by atoms with van der Waals surface area (Å²) in [7, 11) is 0.